The molecule has 7 heteroatoms. The summed E-state index contributed by atoms with van der Waals surface area (Å²) in [7, 11) is 2.15. The maximum absolute atomic E-state index is 13.8. The predicted octanol–water partition coefficient (Wildman–Crippen LogP) is 3.71. The lowest BCUT2D eigenvalue weighted by Crippen LogP contribution is -2.48. The van der Waals surface area contributed by atoms with E-state index >= 15 is 0 Å². The van der Waals surface area contributed by atoms with Crippen molar-refractivity contribution in [2.45, 2.75) is 50.6 Å². The summed E-state index contributed by atoms with van der Waals surface area (Å²) in [5.74, 6) is 0.780. The van der Waals surface area contributed by atoms with Gasteiger partial charge in [-0.05, 0) is 68.6 Å². The Morgan fingerprint density at radius 3 is 2.76 bits per heavy atom. The van der Waals surface area contributed by atoms with E-state index in [-0.39, 0.29) is 18.6 Å². The second-order valence-electron chi connectivity index (χ2n) is 9.48. The number of amides is 2. The normalized spacial score (nSPS) is 23.8. The predicted molar refractivity (Wildman–Crippen MR) is 129 cm³/mol. The molecular formula is C27H33N3O4. The third kappa shape index (κ3) is 4.13. The molecular weight excluding hydrogens is 430 g/mol. The van der Waals surface area contributed by atoms with Gasteiger partial charge in [0.2, 0.25) is 12.7 Å². The van der Waals surface area contributed by atoms with Crippen molar-refractivity contribution < 1.29 is 19.1 Å². The summed E-state index contributed by atoms with van der Waals surface area (Å²) in [6.07, 6.45) is 4.13. The lowest BCUT2D eigenvalue weighted by molar-refractivity contribution is -0.124. The van der Waals surface area contributed by atoms with Gasteiger partial charge in [-0.2, -0.15) is 0 Å². The van der Waals surface area contributed by atoms with Crippen molar-refractivity contribution in [2.75, 3.05) is 33.5 Å². The minimum absolute atomic E-state index is 0.0308. The first kappa shape index (κ1) is 22.7. The Labute approximate surface area is 201 Å². The molecule has 0 bridgehead atoms. The second kappa shape index (κ2) is 9.66. The summed E-state index contributed by atoms with van der Waals surface area (Å²) >= 11 is 0. The maximum atomic E-state index is 13.8. The molecule has 0 aliphatic carbocycles. The Balaban J connectivity index is 1.48. The second-order valence-corrected chi connectivity index (χ2v) is 9.48. The first-order chi connectivity index (χ1) is 16.6. The molecule has 0 unspecified atom stereocenters. The number of carbonyl (C=O) groups excluding carboxylic acids is 2. The lowest BCUT2D eigenvalue weighted by Gasteiger charge is -2.42. The number of rotatable bonds is 7. The number of hydrogen-bond acceptors (Lipinski definition) is 5. The average molecular weight is 464 g/mol. The van der Waals surface area contributed by atoms with Gasteiger partial charge in [-0.25, -0.2) is 0 Å². The molecule has 1 N–H and O–H groups in total. The van der Waals surface area contributed by atoms with Gasteiger partial charge in [0, 0.05) is 24.7 Å². The van der Waals surface area contributed by atoms with E-state index in [1.165, 1.54) is 12.8 Å². The van der Waals surface area contributed by atoms with Crippen LogP contribution >= 0.6 is 0 Å². The molecule has 7 nitrogen and oxygen atoms in total. The van der Waals surface area contributed by atoms with Gasteiger partial charge in [0.05, 0.1) is 12.0 Å². The van der Waals surface area contributed by atoms with Gasteiger partial charge in [-0.1, -0.05) is 31.2 Å². The number of nitrogens with zero attached hydrogens (tertiary/aromatic N) is 2. The summed E-state index contributed by atoms with van der Waals surface area (Å²) in [5.41, 5.74) is 2.29. The summed E-state index contributed by atoms with van der Waals surface area (Å²) in [6, 6.07) is 13.4. The minimum atomic E-state index is -0.498. The Hall–Kier alpha value is -3.06. The van der Waals surface area contributed by atoms with Gasteiger partial charge >= 0.3 is 0 Å². The van der Waals surface area contributed by atoms with Crippen LogP contribution in [-0.2, 0) is 4.79 Å². The van der Waals surface area contributed by atoms with Crippen molar-refractivity contribution in [3.8, 4) is 11.5 Å². The Morgan fingerprint density at radius 2 is 1.97 bits per heavy atom. The number of fused-ring (bicyclic) bond motifs is 2. The SMILES string of the molecule is CCCN1C(=O)c2ccccc2[C@H](C(=O)NCC[C@@H]2CCCN2C)[C@H]1c1ccc2c(c1)OCO2. The molecule has 2 amide bonds. The molecule has 3 aliphatic rings. The number of carbonyl (C=O) groups is 2. The van der Waals surface area contributed by atoms with Gasteiger partial charge in [-0.3, -0.25) is 9.59 Å². The van der Waals surface area contributed by atoms with E-state index in [0.717, 1.165) is 30.5 Å². The van der Waals surface area contributed by atoms with Crippen LogP contribution in [0.1, 0.15) is 66.1 Å². The van der Waals surface area contributed by atoms with Crippen LogP contribution in [0.25, 0.3) is 0 Å². The average Bonchev–Trinajstić information content (AvgIpc) is 3.49. The molecule has 0 saturated carbocycles. The number of benzene rings is 2. The van der Waals surface area contributed by atoms with E-state index in [4.69, 9.17) is 9.47 Å². The summed E-state index contributed by atoms with van der Waals surface area (Å²) in [5, 5.41) is 3.21. The molecule has 3 aliphatic heterocycles. The molecule has 2 aromatic carbocycles. The molecule has 3 heterocycles. The van der Waals surface area contributed by atoms with E-state index in [1.54, 1.807) is 0 Å². The monoisotopic (exact) mass is 463 g/mol. The third-order valence-corrected chi connectivity index (χ3v) is 7.37. The lowest BCUT2D eigenvalue weighted by atomic mass is 9.79. The van der Waals surface area contributed by atoms with Gasteiger partial charge in [-0.15, -0.1) is 0 Å². The van der Waals surface area contributed by atoms with Gasteiger partial charge in [0.25, 0.3) is 5.91 Å². The van der Waals surface area contributed by atoms with E-state index < -0.39 is 12.0 Å². The summed E-state index contributed by atoms with van der Waals surface area (Å²) in [6.45, 7) is 4.56. The van der Waals surface area contributed by atoms with E-state index in [2.05, 4.69) is 24.2 Å². The van der Waals surface area contributed by atoms with Crippen molar-refractivity contribution in [3.63, 3.8) is 0 Å². The fourth-order valence-corrected chi connectivity index (χ4v) is 5.65. The standard InChI is InChI=1S/C27H33N3O4/c1-3-14-30-25(18-10-11-22-23(16-18)34-17-33-22)24(20-8-4-5-9-21(20)27(30)32)26(31)28-13-12-19-7-6-15-29(19)2/h4-5,8-11,16,19,24-25H,3,6-7,12-15,17H2,1-2H3,(H,28,31)/t19-,24-,25+/m0/s1. The highest BCUT2D eigenvalue weighted by Gasteiger charge is 2.44. The van der Waals surface area contributed by atoms with Crippen LogP contribution in [0.2, 0.25) is 0 Å². The smallest absolute Gasteiger partial charge is 0.254 e. The number of ether oxygens (including phenoxy) is 2. The molecule has 180 valence electrons. The zero-order valence-corrected chi connectivity index (χ0v) is 20.0. The molecule has 5 rings (SSSR count). The summed E-state index contributed by atoms with van der Waals surface area (Å²) < 4.78 is 11.1. The first-order valence-corrected chi connectivity index (χ1v) is 12.4. The molecule has 1 fully saturated rings. The Kier molecular flexibility index (Phi) is 6.46. The van der Waals surface area contributed by atoms with Crippen molar-refractivity contribution in [2.24, 2.45) is 0 Å². The molecule has 34 heavy (non-hydrogen) atoms. The number of likely N-dealkylation sites (tertiary alicyclic amines) is 1. The summed E-state index contributed by atoms with van der Waals surface area (Å²) in [4.78, 5) is 31.6. The topological polar surface area (TPSA) is 71.1 Å². The van der Waals surface area contributed by atoms with Crippen LogP contribution < -0.4 is 14.8 Å². The minimum Gasteiger partial charge on any atom is -0.454 e. The van der Waals surface area contributed by atoms with E-state index in [1.807, 2.05) is 47.4 Å². The van der Waals surface area contributed by atoms with Crippen LogP contribution in [0, 0.1) is 0 Å². The Morgan fingerprint density at radius 1 is 1.15 bits per heavy atom. The van der Waals surface area contributed by atoms with Gasteiger partial charge in [0.1, 0.15) is 0 Å². The molecule has 2 aromatic rings. The zero-order chi connectivity index (χ0) is 23.7. The molecule has 1 saturated heterocycles. The van der Waals surface area contributed by atoms with Gasteiger partial charge < -0.3 is 24.6 Å². The quantitative estimate of drug-likeness (QED) is 0.678. The zero-order valence-electron chi connectivity index (χ0n) is 20.0. The van der Waals surface area contributed by atoms with Crippen LogP contribution in [0.15, 0.2) is 42.5 Å². The van der Waals surface area contributed by atoms with Crippen LogP contribution in [0.5, 0.6) is 11.5 Å². The van der Waals surface area contributed by atoms with Crippen LogP contribution in [-0.4, -0.2) is 61.1 Å². The highest BCUT2D eigenvalue weighted by molar-refractivity contribution is 6.01. The van der Waals surface area contributed by atoms with Crippen molar-refractivity contribution >= 4 is 11.8 Å². The fraction of sp³-hybridized carbons (Fsp3) is 0.481. The fourth-order valence-electron chi connectivity index (χ4n) is 5.65. The number of hydrogen-bond donors (Lipinski definition) is 1. The molecule has 0 radical (unpaired) electrons. The third-order valence-electron chi connectivity index (χ3n) is 7.37. The molecule has 0 aromatic heterocycles. The van der Waals surface area contributed by atoms with Gasteiger partial charge in [0.15, 0.2) is 11.5 Å². The van der Waals surface area contributed by atoms with Crippen LogP contribution in [0.3, 0.4) is 0 Å². The number of nitrogens with one attached hydrogen (secondary N) is 1. The van der Waals surface area contributed by atoms with Crippen LogP contribution in [0.4, 0.5) is 0 Å². The van der Waals surface area contributed by atoms with Crippen molar-refractivity contribution in [3.05, 3.63) is 59.2 Å². The Bertz CT molecular complexity index is 1070. The van der Waals surface area contributed by atoms with E-state index in [0.29, 0.717) is 36.2 Å². The molecule has 3 atom stereocenters. The largest absolute Gasteiger partial charge is 0.454 e. The first-order valence-electron chi connectivity index (χ1n) is 12.4. The highest BCUT2D eigenvalue weighted by Crippen LogP contribution is 2.45. The van der Waals surface area contributed by atoms with Crippen molar-refractivity contribution in [1.82, 2.24) is 15.1 Å². The maximum Gasteiger partial charge on any atom is 0.254 e. The van der Waals surface area contributed by atoms with Crippen molar-refractivity contribution in [1.29, 1.82) is 0 Å². The highest BCUT2D eigenvalue weighted by atomic mass is 16.7. The van der Waals surface area contributed by atoms with E-state index in [9.17, 15) is 9.59 Å². The molecule has 0 spiro atoms.